The van der Waals surface area contributed by atoms with Crippen molar-refractivity contribution in [1.82, 2.24) is 5.23 Å². The summed E-state index contributed by atoms with van der Waals surface area (Å²) < 4.78 is 0. The number of nitrogens with zero attached hydrogens (tertiary/aromatic N) is 2. The summed E-state index contributed by atoms with van der Waals surface area (Å²) in [6, 6.07) is 16.7. The first kappa shape index (κ1) is 15.7. The molecule has 0 spiro atoms. The largest absolute Gasteiger partial charge is 0.374 e. The highest BCUT2D eigenvalue weighted by atomic mass is 16.9. The number of para-hydroxylation sites is 1. The Balaban J connectivity index is 2.02. The lowest BCUT2D eigenvalue weighted by Gasteiger charge is -2.24. The molecule has 0 aromatic heterocycles. The van der Waals surface area contributed by atoms with Crippen molar-refractivity contribution in [2.45, 2.75) is 6.61 Å². The van der Waals surface area contributed by atoms with Gasteiger partial charge in [-0.25, -0.2) is 9.63 Å². The molecule has 0 heterocycles. The van der Waals surface area contributed by atoms with Gasteiger partial charge in [0.15, 0.2) is 0 Å². The maximum atomic E-state index is 12.2. The van der Waals surface area contributed by atoms with E-state index in [0.29, 0.717) is 5.69 Å². The molecule has 6 nitrogen and oxygen atoms in total. The zero-order chi connectivity index (χ0) is 15.8. The van der Waals surface area contributed by atoms with Gasteiger partial charge in [0.2, 0.25) is 6.29 Å². The van der Waals surface area contributed by atoms with Gasteiger partial charge in [-0.3, -0.25) is 14.9 Å². The van der Waals surface area contributed by atoms with Crippen molar-refractivity contribution >= 4 is 18.0 Å². The fraction of sp³-hybridized carbons (Fsp3) is 0.125. The fourth-order valence-electron chi connectivity index (χ4n) is 1.81. The third-order valence-electron chi connectivity index (χ3n) is 2.88. The van der Waals surface area contributed by atoms with Crippen LogP contribution in [0.1, 0.15) is 5.56 Å². The zero-order valence-corrected chi connectivity index (χ0v) is 11.8. The van der Waals surface area contributed by atoms with Crippen LogP contribution in [0.15, 0.2) is 60.7 Å². The number of carbonyl (C=O) groups is 1. The molecule has 0 fully saturated rings. The summed E-state index contributed by atoms with van der Waals surface area (Å²) in [4.78, 5) is 28.8. The molecule has 0 aliphatic rings. The number of hydrogen-bond acceptors (Lipinski definition) is 4. The zero-order valence-electron chi connectivity index (χ0n) is 11.8. The van der Waals surface area contributed by atoms with Crippen molar-refractivity contribution in [2.75, 3.05) is 11.4 Å². The summed E-state index contributed by atoms with van der Waals surface area (Å²) in [5.41, 5.74) is 1.25. The van der Waals surface area contributed by atoms with E-state index in [2.05, 4.69) is 0 Å². The molecule has 2 aromatic carbocycles. The third-order valence-corrected chi connectivity index (χ3v) is 2.88. The first-order chi connectivity index (χ1) is 10.7. The molecule has 6 heteroatoms. The molecule has 0 saturated carbocycles. The quantitative estimate of drug-likeness (QED) is 0.657. The first-order valence-corrected chi connectivity index (χ1v) is 6.60. The summed E-state index contributed by atoms with van der Waals surface area (Å²) in [6.07, 6.45) is 1.64. The van der Waals surface area contributed by atoms with E-state index >= 15 is 0 Å². The van der Waals surface area contributed by atoms with Gasteiger partial charge in [-0.05, 0) is 17.7 Å². The number of hydrogen-bond donors (Lipinski definition) is 1. The summed E-state index contributed by atoms with van der Waals surface area (Å²) >= 11 is 0. The Morgan fingerprint density at radius 3 is 2.23 bits per heavy atom. The molecule has 0 saturated heterocycles. The van der Waals surface area contributed by atoms with Crippen molar-refractivity contribution in [2.24, 2.45) is 0 Å². The van der Waals surface area contributed by atoms with Gasteiger partial charge >= 0.3 is 6.03 Å². The molecule has 2 amide bonds. The van der Waals surface area contributed by atoms with Gasteiger partial charge in [0.25, 0.3) is 0 Å². The Labute approximate surface area is 128 Å². The Morgan fingerprint density at radius 1 is 1.05 bits per heavy atom. The number of benzene rings is 2. The average Bonchev–Trinajstić information content (AvgIpc) is 2.58. The van der Waals surface area contributed by atoms with Crippen LogP contribution < -0.4 is 4.90 Å². The highest BCUT2D eigenvalue weighted by Crippen LogP contribution is 2.15. The Hall–Kier alpha value is -2.70. The minimum Gasteiger partial charge on any atom is -0.289 e. The third kappa shape index (κ3) is 4.15. The highest BCUT2D eigenvalue weighted by Gasteiger charge is 2.22. The SMILES string of the molecule is O=[C]CN(C(=O)N(O)OCc1ccccc1)c1ccccc1. The lowest BCUT2D eigenvalue weighted by molar-refractivity contribution is -0.301. The standard InChI is InChI=1S/C16H15N2O4/c19-12-11-17(15-9-5-2-6-10-15)16(20)18(21)22-13-14-7-3-1-4-8-14/h1-10,21H,11,13H2. The topological polar surface area (TPSA) is 70.1 Å². The summed E-state index contributed by atoms with van der Waals surface area (Å²) in [5, 5.41) is 9.85. The van der Waals surface area contributed by atoms with E-state index in [9.17, 15) is 14.8 Å². The normalized spacial score (nSPS) is 10.0. The molecule has 0 unspecified atom stereocenters. The maximum Gasteiger partial charge on any atom is 0.374 e. The molecule has 0 bridgehead atoms. The average molecular weight is 299 g/mol. The minimum atomic E-state index is -0.870. The Bertz CT molecular complexity index is 604. The fourth-order valence-corrected chi connectivity index (χ4v) is 1.81. The predicted octanol–water partition coefficient (Wildman–Crippen LogP) is 2.55. The monoisotopic (exact) mass is 299 g/mol. The van der Waals surface area contributed by atoms with Crippen LogP contribution in [0.2, 0.25) is 0 Å². The molecule has 0 aliphatic heterocycles. The van der Waals surface area contributed by atoms with E-state index in [1.807, 2.05) is 18.2 Å². The lowest BCUT2D eigenvalue weighted by Crippen LogP contribution is -2.42. The van der Waals surface area contributed by atoms with Crippen LogP contribution in [0.4, 0.5) is 10.5 Å². The first-order valence-electron chi connectivity index (χ1n) is 6.60. The predicted molar refractivity (Wildman–Crippen MR) is 79.7 cm³/mol. The van der Waals surface area contributed by atoms with E-state index in [0.717, 1.165) is 10.5 Å². The van der Waals surface area contributed by atoms with Gasteiger partial charge in [-0.1, -0.05) is 53.8 Å². The number of urea groups is 1. The number of anilines is 1. The smallest absolute Gasteiger partial charge is 0.289 e. The summed E-state index contributed by atoms with van der Waals surface area (Å²) in [5.74, 6) is 0. The van der Waals surface area contributed by atoms with Gasteiger partial charge in [-0.15, -0.1) is 0 Å². The Morgan fingerprint density at radius 2 is 1.64 bits per heavy atom. The molecule has 22 heavy (non-hydrogen) atoms. The van der Waals surface area contributed by atoms with Crippen molar-refractivity contribution in [3.8, 4) is 0 Å². The Kier molecular flexibility index (Phi) is 5.65. The molecule has 113 valence electrons. The van der Waals surface area contributed by atoms with Crippen molar-refractivity contribution in [1.29, 1.82) is 0 Å². The second-order valence-electron chi connectivity index (χ2n) is 4.38. The van der Waals surface area contributed by atoms with Crippen LogP contribution in [0, 0.1) is 0 Å². The number of hydroxylamine groups is 2. The van der Waals surface area contributed by atoms with Gasteiger partial charge in [0.1, 0.15) is 6.61 Å². The van der Waals surface area contributed by atoms with Crippen LogP contribution in [0.3, 0.4) is 0 Å². The molecule has 2 rings (SSSR count). The number of carbonyl (C=O) groups excluding carboxylic acids is 2. The van der Waals surface area contributed by atoms with Gasteiger partial charge < -0.3 is 0 Å². The van der Waals surface area contributed by atoms with Crippen LogP contribution in [0.5, 0.6) is 0 Å². The van der Waals surface area contributed by atoms with E-state index in [4.69, 9.17) is 4.84 Å². The number of rotatable bonds is 6. The molecule has 0 aliphatic carbocycles. The lowest BCUT2D eigenvalue weighted by atomic mass is 10.2. The van der Waals surface area contributed by atoms with Crippen LogP contribution in [-0.2, 0) is 16.2 Å². The van der Waals surface area contributed by atoms with Gasteiger partial charge in [-0.2, -0.15) is 0 Å². The molecular weight excluding hydrogens is 284 g/mol. The maximum absolute atomic E-state index is 12.2. The van der Waals surface area contributed by atoms with Gasteiger partial charge in [0, 0.05) is 5.69 Å². The van der Waals surface area contributed by atoms with E-state index in [1.54, 1.807) is 48.8 Å². The second-order valence-corrected chi connectivity index (χ2v) is 4.38. The van der Waals surface area contributed by atoms with Crippen molar-refractivity contribution in [3.05, 3.63) is 66.2 Å². The molecule has 1 N–H and O–H groups in total. The van der Waals surface area contributed by atoms with E-state index in [1.165, 1.54) is 0 Å². The minimum absolute atomic E-state index is 0.0243. The second kappa shape index (κ2) is 7.92. The van der Waals surface area contributed by atoms with E-state index < -0.39 is 6.03 Å². The van der Waals surface area contributed by atoms with Crippen LogP contribution in [0.25, 0.3) is 0 Å². The molecule has 0 atom stereocenters. The van der Waals surface area contributed by atoms with Gasteiger partial charge in [0.05, 0.1) is 6.54 Å². The van der Waals surface area contributed by atoms with Crippen LogP contribution >= 0.6 is 0 Å². The van der Waals surface area contributed by atoms with Crippen molar-refractivity contribution < 1.29 is 19.6 Å². The van der Waals surface area contributed by atoms with E-state index in [-0.39, 0.29) is 18.4 Å². The molecule has 1 radical (unpaired) electrons. The summed E-state index contributed by atoms with van der Waals surface area (Å²) in [7, 11) is 0. The number of amides is 2. The molecular formula is C16H15N2O4. The molecule has 2 aromatic rings. The van der Waals surface area contributed by atoms with Crippen LogP contribution in [-0.4, -0.2) is 29.3 Å². The summed E-state index contributed by atoms with van der Waals surface area (Å²) in [6.45, 7) is -0.287. The van der Waals surface area contributed by atoms with Crippen molar-refractivity contribution in [3.63, 3.8) is 0 Å². The highest BCUT2D eigenvalue weighted by molar-refractivity contribution is 5.93.